The Kier molecular flexibility index (Phi) is 4.90. The number of nitrogens with zero attached hydrogens (tertiary/aromatic N) is 1. The number of hydrogen-bond acceptors (Lipinski definition) is 2. The molecule has 0 aliphatic carbocycles. The molecule has 7 heteroatoms. The van der Waals surface area contributed by atoms with E-state index in [1.54, 1.807) is 33.0 Å². The third kappa shape index (κ3) is 3.83. The summed E-state index contributed by atoms with van der Waals surface area (Å²) in [4.78, 5) is 12.3. The zero-order valence-corrected chi connectivity index (χ0v) is 15.2. The molecule has 0 bridgehead atoms. The van der Waals surface area contributed by atoms with Crippen molar-refractivity contribution >= 4 is 45.2 Å². The molecule has 0 fully saturated rings. The minimum atomic E-state index is -0.693. The van der Waals surface area contributed by atoms with Gasteiger partial charge in [0.25, 0.3) is 0 Å². The first-order valence-corrected chi connectivity index (χ1v) is 7.89. The number of rotatable bonds is 1. The quantitative estimate of drug-likeness (QED) is 0.530. The topological polar surface area (TPSA) is 31.2 Å². The van der Waals surface area contributed by atoms with Crippen LogP contribution in [-0.4, -0.2) is 16.3 Å². The number of carbonyl (C=O) groups excluding carboxylic acids is 1. The molecule has 0 atom stereocenters. The fourth-order valence-corrected chi connectivity index (χ4v) is 2.73. The standard InChI is InChI=1S/C15H13BrCl2FNO2/c1-15(2,3)22-14(21)20-7-9(16)6-12(20)8-4-10(17)13(19)11(18)5-8/h4-7H,1-3H3. The number of halogens is 4. The summed E-state index contributed by atoms with van der Waals surface area (Å²) in [5, 5.41) is -0.230. The Morgan fingerprint density at radius 1 is 1.23 bits per heavy atom. The molecule has 0 aliphatic heterocycles. The van der Waals surface area contributed by atoms with Crippen molar-refractivity contribution < 1.29 is 13.9 Å². The number of benzene rings is 1. The lowest BCUT2D eigenvalue weighted by atomic mass is 10.1. The van der Waals surface area contributed by atoms with Gasteiger partial charge in [-0.05, 0) is 54.9 Å². The van der Waals surface area contributed by atoms with Crippen LogP contribution < -0.4 is 0 Å². The highest BCUT2D eigenvalue weighted by atomic mass is 79.9. The average molecular weight is 409 g/mol. The van der Waals surface area contributed by atoms with E-state index in [0.717, 1.165) is 0 Å². The third-order valence-electron chi connectivity index (χ3n) is 2.66. The summed E-state index contributed by atoms with van der Waals surface area (Å²) in [6.45, 7) is 5.32. The number of ether oxygens (including phenoxy) is 1. The summed E-state index contributed by atoms with van der Waals surface area (Å²) < 4.78 is 20.9. The largest absolute Gasteiger partial charge is 0.443 e. The van der Waals surface area contributed by atoms with Crippen molar-refractivity contribution in [3.63, 3.8) is 0 Å². The van der Waals surface area contributed by atoms with E-state index < -0.39 is 17.5 Å². The van der Waals surface area contributed by atoms with E-state index in [1.165, 1.54) is 16.7 Å². The molecule has 0 saturated heterocycles. The Morgan fingerprint density at radius 3 is 2.27 bits per heavy atom. The Labute approximate surface area is 146 Å². The summed E-state index contributed by atoms with van der Waals surface area (Å²) in [6.07, 6.45) is 1.01. The molecule has 22 heavy (non-hydrogen) atoms. The van der Waals surface area contributed by atoms with Crippen LogP contribution in [0.3, 0.4) is 0 Å². The molecular formula is C15H13BrCl2FNO2. The molecule has 118 valence electrons. The highest BCUT2D eigenvalue weighted by Gasteiger charge is 2.21. The highest BCUT2D eigenvalue weighted by molar-refractivity contribution is 9.10. The van der Waals surface area contributed by atoms with Crippen molar-refractivity contribution in [2.75, 3.05) is 0 Å². The zero-order chi connectivity index (χ0) is 16.7. The molecule has 2 aromatic rings. The van der Waals surface area contributed by atoms with Gasteiger partial charge in [0, 0.05) is 16.2 Å². The number of hydrogen-bond donors (Lipinski definition) is 0. The monoisotopic (exact) mass is 407 g/mol. The van der Waals surface area contributed by atoms with Gasteiger partial charge >= 0.3 is 6.09 Å². The second-order valence-corrected chi connectivity index (χ2v) is 7.38. The zero-order valence-electron chi connectivity index (χ0n) is 12.1. The van der Waals surface area contributed by atoms with E-state index in [0.29, 0.717) is 15.7 Å². The molecule has 0 unspecified atom stereocenters. The number of carbonyl (C=O) groups is 1. The maximum atomic E-state index is 13.5. The molecule has 0 amide bonds. The van der Waals surface area contributed by atoms with Gasteiger partial charge in [-0.2, -0.15) is 0 Å². The van der Waals surface area contributed by atoms with Gasteiger partial charge in [-0.3, -0.25) is 4.57 Å². The van der Waals surface area contributed by atoms with Gasteiger partial charge in [0.05, 0.1) is 15.7 Å². The minimum Gasteiger partial charge on any atom is -0.443 e. The molecule has 0 radical (unpaired) electrons. The van der Waals surface area contributed by atoms with Crippen molar-refractivity contribution in [2.24, 2.45) is 0 Å². The molecule has 1 aromatic carbocycles. The van der Waals surface area contributed by atoms with Gasteiger partial charge in [-0.25, -0.2) is 9.18 Å². The smallest absolute Gasteiger partial charge is 0.419 e. The Morgan fingerprint density at radius 2 is 1.77 bits per heavy atom. The highest BCUT2D eigenvalue weighted by Crippen LogP contribution is 2.33. The fraction of sp³-hybridized carbons (Fsp3) is 0.267. The first-order valence-electron chi connectivity index (χ1n) is 6.34. The van der Waals surface area contributed by atoms with Gasteiger partial charge < -0.3 is 4.74 Å². The summed E-state index contributed by atoms with van der Waals surface area (Å²) in [7, 11) is 0. The van der Waals surface area contributed by atoms with Gasteiger partial charge in [0.2, 0.25) is 0 Å². The molecule has 2 rings (SSSR count). The van der Waals surface area contributed by atoms with Crippen LogP contribution in [0.15, 0.2) is 28.9 Å². The minimum absolute atomic E-state index is 0.115. The van der Waals surface area contributed by atoms with Gasteiger partial charge in [0.15, 0.2) is 5.82 Å². The maximum absolute atomic E-state index is 13.5. The second-order valence-electron chi connectivity index (χ2n) is 5.65. The molecule has 0 aliphatic rings. The van der Waals surface area contributed by atoms with Gasteiger partial charge in [0.1, 0.15) is 5.60 Å². The average Bonchev–Trinajstić information content (AvgIpc) is 2.75. The van der Waals surface area contributed by atoms with Crippen LogP contribution in [0.5, 0.6) is 0 Å². The third-order valence-corrected chi connectivity index (χ3v) is 3.64. The van der Waals surface area contributed by atoms with E-state index in [4.69, 9.17) is 27.9 Å². The van der Waals surface area contributed by atoms with Crippen molar-refractivity contribution in [2.45, 2.75) is 26.4 Å². The van der Waals surface area contributed by atoms with Crippen molar-refractivity contribution in [3.05, 3.63) is 44.7 Å². The van der Waals surface area contributed by atoms with Crippen LogP contribution in [0.25, 0.3) is 11.3 Å². The summed E-state index contributed by atoms with van der Waals surface area (Å²) in [5.41, 5.74) is 0.362. The van der Waals surface area contributed by atoms with E-state index in [2.05, 4.69) is 15.9 Å². The van der Waals surface area contributed by atoms with Crippen molar-refractivity contribution in [1.82, 2.24) is 4.57 Å². The van der Waals surface area contributed by atoms with Crippen LogP contribution in [0.2, 0.25) is 10.0 Å². The first-order chi connectivity index (χ1) is 10.1. The SMILES string of the molecule is CC(C)(C)OC(=O)n1cc(Br)cc1-c1cc(Cl)c(F)c(Cl)c1. The van der Waals surface area contributed by atoms with Gasteiger partial charge in [-0.1, -0.05) is 23.2 Å². The summed E-state index contributed by atoms with van der Waals surface area (Å²) >= 11 is 14.9. The van der Waals surface area contributed by atoms with Crippen LogP contribution in [-0.2, 0) is 4.74 Å². The van der Waals surface area contributed by atoms with Gasteiger partial charge in [-0.15, -0.1) is 0 Å². The molecule has 1 heterocycles. The lowest BCUT2D eigenvalue weighted by Crippen LogP contribution is -2.27. The molecule has 0 saturated carbocycles. The maximum Gasteiger partial charge on any atom is 0.419 e. The van der Waals surface area contributed by atoms with Crippen LogP contribution in [0, 0.1) is 5.82 Å². The molecular weight excluding hydrogens is 396 g/mol. The van der Waals surface area contributed by atoms with E-state index in [9.17, 15) is 9.18 Å². The molecule has 0 spiro atoms. The fourth-order valence-electron chi connectivity index (χ4n) is 1.82. The second kappa shape index (κ2) is 6.22. The summed E-state index contributed by atoms with van der Waals surface area (Å²) in [6, 6.07) is 4.51. The first kappa shape index (κ1) is 17.3. The molecule has 1 aromatic heterocycles. The van der Waals surface area contributed by atoms with E-state index in [-0.39, 0.29) is 10.0 Å². The summed E-state index contributed by atoms with van der Waals surface area (Å²) in [5.74, 6) is -0.693. The van der Waals surface area contributed by atoms with E-state index in [1.807, 2.05) is 0 Å². The van der Waals surface area contributed by atoms with Crippen molar-refractivity contribution in [3.8, 4) is 11.3 Å². The van der Waals surface area contributed by atoms with E-state index >= 15 is 0 Å². The Balaban J connectivity index is 2.51. The lowest BCUT2D eigenvalue weighted by Gasteiger charge is -2.20. The predicted octanol–water partition coefficient (Wildman–Crippen LogP) is 6.15. The van der Waals surface area contributed by atoms with Crippen molar-refractivity contribution in [1.29, 1.82) is 0 Å². The van der Waals surface area contributed by atoms with Crippen LogP contribution in [0.4, 0.5) is 9.18 Å². The Bertz CT molecular complexity index is 715. The van der Waals surface area contributed by atoms with Crippen LogP contribution >= 0.6 is 39.1 Å². The predicted molar refractivity (Wildman–Crippen MR) is 89.2 cm³/mol. The normalized spacial score (nSPS) is 11.6. The molecule has 3 nitrogen and oxygen atoms in total. The Hall–Kier alpha value is -1.04. The molecule has 0 N–H and O–H groups in total. The van der Waals surface area contributed by atoms with Crippen LogP contribution in [0.1, 0.15) is 20.8 Å². The lowest BCUT2D eigenvalue weighted by molar-refractivity contribution is 0.0540. The number of aromatic nitrogens is 1.